The third-order valence-corrected chi connectivity index (χ3v) is 5.41. The van der Waals surface area contributed by atoms with Crippen LogP contribution in [0.1, 0.15) is 12.6 Å². The zero-order chi connectivity index (χ0) is 15.1. The predicted octanol–water partition coefficient (Wildman–Crippen LogP) is 0.244. The number of aryl methyl sites for hydroxylation is 2. The summed E-state index contributed by atoms with van der Waals surface area (Å²) in [7, 11) is -0.298. The van der Waals surface area contributed by atoms with Crippen molar-refractivity contribution >= 4 is 21.1 Å². The second-order valence-electron chi connectivity index (χ2n) is 4.86. The van der Waals surface area contributed by atoms with Gasteiger partial charge in [0.2, 0.25) is 10.0 Å². The van der Waals surface area contributed by atoms with E-state index in [1.54, 1.807) is 24.7 Å². The van der Waals surface area contributed by atoms with Crippen molar-refractivity contribution in [1.82, 2.24) is 19.1 Å². The number of nitrogens with zero attached hydrogens (tertiary/aromatic N) is 4. The van der Waals surface area contributed by atoms with Crippen molar-refractivity contribution in [3.05, 3.63) is 18.0 Å². The Morgan fingerprint density at radius 1 is 1.50 bits per heavy atom. The van der Waals surface area contributed by atoms with Crippen LogP contribution in [0.15, 0.2) is 17.2 Å². The minimum atomic E-state index is -3.60. The molecule has 0 aliphatic carbocycles. The molecule has 2 heterocycles. The second kappa shape index (κ2) is 5.12. The van der Waals surface area contributed by atoms with Crippen LogP contribution in [0.4, 0.5) is 0 Å². The molecule has 0 aliphatic heterocycles. The molecule has 0 amide bonds. The average molecular weight is 297 g/mol. The van der Waals surface area contributed by atoms with E-state index in [1.807, 2.05) is 6.92 Å². The molecule has 20 heavy (non-hydrogen) atoms. The van der Waals surface area contributed by atoms with E-state index in [9.17, 15) is 8.42 Å². The smallest absolute Gasteiger partial charge is 0.244 e. The van der Waals surface area contributed by atoms with Crippen molar-refractivity contribution in [3.8, 4) is 0 Å². The molecule has 0 saturated heterocycles. The lowest BCUT2D eigenvalue weighted by Crippen LogP contribution is -2.39. The van der Waals surface area contributed by atoms with Gasteiger partial charge in [-0.1, -0.05) is 0 Å². The first-order valence-electron chi connectivity index (χ1n) is 6.26. The molecule has 2 rings (SSSR count). The molecular formula is C12H19N5O2S. The van der Waals surface area contributed by atoms with Crippen LogP contribution in [-0.4, -0.2) is 47.1 Å². The lowest BCUT2D eigenvalue weighted by Gasteiger charge is -2.22. The van der Waals surface area contributed by atoms with Crippen molar-refractivity contribution in [2.45, 2.75) is 24.8 Å². The lowest BCUT2D eigenvalue weighted by atomic mass is 10.3. The van der Waals surface area contributed by atoms with Crippen molar-refractivity contribution < 1.29 is 8.42 Å². The number of pyridine rings is 1. The number of rotatable bonds is 4. The van der Waals surface area contributed by atoms with E-state index >= 15 is 0 Å². The highest BCUT2D eigenvalue weighted by Crippen LogP contribution is 2.22. The van der Waals surface area contributed by atoms with Crippen LogP contribution in [-0.2, 0) is 17.1 Å². The summed E-state index contributed by atoms with van der Waals surface area (Å²) in [5.74, 6) is 0. The van der Waals surface area contributed by atoms with E-state index in [0.29, 0.717) is 5.65 Å². The fourth-order valence-electron chi connectivity index (χ4n) is 1.98. The first-order valence-corrected chi connectivity index (χ1v) is 7.70. The number of sulfonamides is 1. The summed E-state index contributed by atoms with van der Waals surface area (Å²) in [4.78, 5) is 4.36. The molecule has 1 unspecified atom stereocenters. The van der Waals surface area contributed by atoms with Crippen molar-refractivity contribution in [2.24, 2.45) is 12.8 Å². The largest absolute Gasteiger partial charge is 0.329 e. The summed E-state index contributed by atoms with van der Waals surface area (Å²) in [6, 6.07) is 1.34. The summed E-state index contributed by atoms with van der Waals surface area (Å²) >= 11 is 0. The Kier molecular flexibility index (Phi) is 3.81. The molecule has 0 bridgehead atoms. The molecule has 1 atom stereocenters. The summed E-state index contributed by atoms with van der Waals surface area (Å²) in [5, 5.41) is 4.97. The molecule has 0 saturated carbocycles. The number of aromatic nitrogens is 3. The third-order valence-electron chi connectivity index (χ3n) is 3.48. The number of nitrogens with two attached hydrogens (primary N) is 1. The van der Waals surface area contributed by atoms with Gasteiger partial charge in [0, 0.05) is 38.3 Å². The van der Waals surface area contributed by atoms with Crippen molar-refractivity contribution in [2.75, 3.05) is 13.6 Å². The summed E-state index contributed by atoms with van der Waals surface area (Å²) in [6.07, 6.45) is 1.36. The highest BCUT2D eigenvalue weighted by atomic mass is 32.2. The minimum absolute atomic E-state index is 0.156. The maximum atomic E-state index is 12.5. The Morgan fingerprint density at radius 3 is 2.75 bits per heavy atom. The Labute approximate surface area is 118 Å². The highest BCUT2D eigenvalue weighted by molar-refractivity contribution is 7.89. The molecule has 0 fully saturated rings. The zero-order valence-electron chi connectivity index (χ0n) is 12.0. The van der Waals surface area contributed by atoms with E-state index < -0.39 is 10.0 Å². The van der Waals surface area contributed by atoms with E-state index in [1.165, 1.54) is 17.5 Å². The topological polar surface area (TPSA) is 94.1 Å². The summed E-state index contributed by atoms with van der Waals surface area (Å²) in [6.45, 7) is 3.85. The van der Waals surface area contributed by atoms with Gasteiger partial charge in [-0.3, -0.25) is 4.68 Å². The normalized spacial score (nSPS) is 14.1. The van der Waals surface area contributed by atoms with E-state index in [4.69, 9.17) is 5.73 Å². The van der Waals surface area contributed by atoms with Gasteiger partial charge in [0.05, 0.1) is 5.69 Å². The lowest BCUT2D eigenvalue weighted by molar-refractivity contribution is 0.394. The van der Waals surface area contributed by atoms with Crippen LogP contribution < -0.4 is 5.73 Å². The van der Waals surface area contributed by atoms with Crippen LogP contribution in [0.2, 0.25) is 0 Å². The first kappa shape index (κ1) is 14.9. The van der Waals surface area contributed by atoms with Gasteiger partial charge in [-0.25, -0.2) is 13.4 Å². The van der Waals surface area contributed by atoms with Gasteiger partial charge in [0.1, 0.15) is 4.90 Å². The standard InChI is InChI=1S/C12H19N5O2S/c1-8(6-13)17(4)20(18,19)10-5-11-9(2)15-16(3)12(11)14-7-10/h5,7-8H,6,13H2,1-4H3. The Bertz CT molecular complexity index is 738. The predicted molar refractivity (Wildman–Crippen MR) is 76.7 cm³/mol. The molecule has 8 heteroatoms. The maximum absolute atomic E-state index is 12.5. The van der Waals surface area contributed by atoms with Crippen molar-refractivity contribution in [1.29, 1.82) is 0 Å². The molecule has 7 nitrogen and oxygen atoms in total. The average Bonchev–Trinajstić information content (AvgIpc) is 2.72. The van der Waals surface area contributed by atoms with E-state index in [0.717, 1.165) is 11.1 Å². The molecule has 0 aliphatic rings. The number of hydrogen-bond acceptors (Lipinski definition) is 5. The molecule has 0 spiro atoms. The van der Waals surface area contributed by atoms with Crippen LogP contribution in [0.3, 0.4) is 0 Å². The van der Waals surface area contributed by atoms with Crippen LogP contribution in [0.25, 0.3) is 11.0 Å². The van der Waals surface area contributed by atoms with Crippen LogP contribution in [0, 0.1) is 6.92 Å². The second-order valence-corrected chi connectivity index (χ2v) is 6.85. The fraction of sp³-hybridized carbons (Fsp3) is 0.500. The molecule has 0 radical (unpaired) electrons. The Morgan fingerprint density at radius 2 is 2.15 bits per heavy atom. The Hall–Kier alpha value is -1.51. The van der Waals surface area contributed by atoms with Gasteiger partial charge in [0.15, 0.2) is 5.65 Å². The molecule has 2 aromatic rings. The van der Waals surface area contributed by atoms with Gasteiger partial charge in [-0.05, 0) is 19.9 Å². The minimum Gasteiger partial charge on any atom is -0.329 e. The number of hydrogen-bond donors (Lipinski definition) is 1. The molecule has 2 N–H and O–H groups in total. The van der Waals surface area contributed by atoms with Gasteiger partial charge in [-0.15, -0.1) is 0 Å². The van der Waals surface area contributed by atoms with Crippen molar-refractivity contribution in [3.63, 3.8) is 0 Å². The van der Waals surface area contributed by atoms with Gasteiger partial charge in [0.25, 0.3) is 0 Å². The fourth-order valence-corrected chi connectivity index (χ4v) is 3.33. The van der Waals surface area contributed by atoms with Gasteiger partial charge < -0.3 is 5.73 Å². The summed E-state index contributed by atoms with van der Waals surface area (Å²) in [5.41, 5.74) is 6.95. The SMILES string of the molecule is Cc1nn(C)c2ncc(S(=O)(=O)N(C)C(C)CN)cc12. The molecule has 0 aromatic carbocycles. The maximum Gasteiger partial charge on any atom is 0.244 e. The molecule has 2 aromatic heterocycles. The third kappa shape index (κ3) is 2.30. The number of likely N-dealkylation sites (N-methyl/N-ethyl adjacent to an activating group) is 1. The van der Waals surface area contributed by atoms with E-state index in [2.05, 4.69) is 10.1 Å². The monoisotopic (exact) mass is 297 g/mol. The first-order chi connectivity index (χ1) is 9.28. The Balaban J connectivity index is 2.55. The van der Waals surface area contributed by atoms with Gasteiger partial charge in [-0.2, -0.15) is 9.40 Å². The van der Waals surface area contributed by atoms with Gasteiger partial charge >= 0.3 is 0 Å². The van der Waals surface area contributed by atoms with E-state index in [-0.39, 0.29) is 17.5 Å². The summed E-state index contributed by atoms with van der Waals surface area (Å²) < 4.78 is 27.9. The molecular weight excluding hydrogens is 278 g/mol. The quantitative estimate of drug-likeness (QED) is 0.872. The number of fused-ring (bicyclic) bond motifs is 1. The van der Waals surface area contributed by atoms with Crippen LogP contribution in [0.5, 0.6) is 0 Å². The molecule has 110 valence electrons. The highest BCUT2D eigenvalue weighted by Gasteiger charge is 2.25. The van der Waals surface area contributed by atoms with Crippen LogP contribution >= 0.6 is 0 Å². The zero-order valence-corrected chi connectivity index (χ0v) is 12.8.